The molecule has 3 aliphatic rings. The van der Waals surface area contributed by atoms with Crippen molar-refractivity contribution in [2.75, 3.05) is 26.4 Å². The van der Waals surface area contributed by atoms with Crippen molar-refractivity contribution in [1.29, 1.82) is 0 Å². The first kappa shape index (κ1) is 23.3. The second-order valence-corrected chi connectivity index (χ2v) is 9.35. The van der Waals surface area contributed by atoms with E-state index < -0.39 is 35.7 Å². The lowest BCUT2D eigenvalue weighted by molar-refractivity contribution is -0.153. The molecule has 2 saturated heterocycles. The van der Waals surface area contributed by atoms with Crippen LogP contribution in [0.1, 0.15) is 36.3 Å². The van der Waals surface area contributed by atoms with Gasteiger partial charge in [0.05, 0.1) is 6.10 Å². The number of carbonyl (C=O) groups excluding carboxylic acids is 2. The number of aliphatic carboxylic acids is 1. The molecule has 2 fully saturated rings. The van der Waals surface area contributed by atoms with E-state index in [0.717, 1.165) is 27.2 Å². The maximum atomic E-state index is 13.5. The minimum absolute atomic E-state index is 0.0431. The number of fused-ring (bicyclic) bond motifs is 3. The van der Waals surface area contributed by atoms with Crippen molar-refractivity contribution in [3.8, 4) is 11.1 Å². The van der Waals surface area contributed by atoms with Crippen molar-refractivity contribution in [1.82, 2.24) is 10.2 Å². The van der Waals surface area contributed by atoms with Crippen LogP contribution in [0.15, 0.2) is 48.5 Å². The number of nitrogens with zero attached hydrogens (tertiary/aromatic N) is 1. The summed E-state index contributed by atoms with van der Waals surface area (Å²) in [5.41, 5.74) is 3.03. The molecule has 2 amide bonds. The molecule has 5 rings (SSSR count). The van der Waals surface area contributed by atoms with Crippen LogP contribution < -0.4 is 5.32 Å². The monoisotopic (exact) mass is 480 g/mol. The lowest BCUT2D eigenvalue weighted by Crippen LogP contribution is -2.63. The molecule has 2 heterocycles. The minimum atomic E-state index is -1.35. The van der Waals surface area contributed by atoms with Gasteiger partial charge in [0.25, 0.3) is 0 Å². The molecular weight excluding hydrogens is 452 g/mol. The summed E-state index contributed by atoms with van der Waals surface area (Å²) in [4.78, 5) is 39.4. The van der Waals surface area contributed by atoms with Gasteiger partial charge in [0, 0.05) is 44.9 Å². The molecule has 35 heavy (non-hydrogen) atoms. The zero-order valence-electron chi connectivity index (χ0n) is 19.2. The first-order valence-corrected chi connectivity index (χ1v) is 11.8. The molecule has 184 valence electrons. The van der Waals surface area contributed by atoms with Gasteiger partial charge in [-0.15, -0.1) is 0 Å². The van der Waals surface area contributed by atoms with Gasteiger partial charge in [-0.25, -0.2) is 9.59 Å². The van der Waals surface area contributed by atoms with E-state index in [1.54, 1.807) is 0 Å². The Morgan fingerprint density at radius 1 is 1.03 bits per heavy atom. The third kappa shape index (κ3) is 4.26. The predicted octanol–water partition coefficient (Wildman–Crippen LogP) is 2.12. The second-order valence-electron chi connectivity index (χ2n) is 9.35. The number of alkyl carbamates (subject to hydrolysis) is 1. The largest absolute Gasteiger partial charge is 0.480 e. The number of ether oxygens (including phenoxy) is 2. The SMILES string of the molecule is O=C(NC1(C(=O)N2C[C@H](O)C[C@@H]2C(=O)O)CCOCC1)OCC1c2ccccc2-c2ccccc21. The molecule has 0 unspecified atom stereocenters. The molecule has 2 aromatic carbocycles. The molecule has 0 spiro atoms. The minimum Gasteiger partial charge on any atom is -0.480 e. The van der Waals surface area contributed by atoms with Crippen LogP contribution in [0.25, 0.3) is 11.1 Å². The van der Waals surface area contributed by atoms with Crippen LogP contribution in [-0.2, 0) is 19.1 Å². The van der Waals surface area contributed by atoms with E-state index in [4.69, 9.17) is 9.47 Å². The van der Waals surface area contributed by atoms with Gasteiger partial charge < -0.3 is 29.9 Å². The van der Waals surface area contributed by atoms with E-state index in [9.17, 15) is 24.6 Å². The number of aliphatic hydroxyl groups excluding tert-OH is 1. The standard InChI is InChI=1S/C26H28N2O7/c29-16-13-22(23(30)31)28(14-16)24(32)26(9-11-34-12-10-26)27-25(33)35-15-21-19-7-3-1-5-17(19)18-6-2-4-8-20(18)21/h1-8,16,21-22,29H,9-15H2,(H,27,33)(H,30,31)/t16-,22-/m1/s1. The molecule has 0 aromatic heterocycles. The number of carboxylic acid groups (broad SMARTS) is 1. The van der Waals surface area contributed by atoms with Gasteiger partial charge in [-0.05, 0) is 22.3 Å². The van der Waals surface area contributed by atoms with Crippen molar-refractivity contribution in [3.63, 3.8) is 0 Å². The number of carboxylic acids is 1. The summed E-state index contributed by atoms with van der Waals surface area (Å²) in [6, 6.07) is 14.9. The molecule has 0 bridgehead atoms. The van der Waals surface area contributed by atoms with Crippen LogP contribution in [-0.4, -0.2) is 77.1 Å². The highest BCUT2D eigenvalue weighted by molar-refractivity contribution is 5.93. The summed E-state index contributed by atoms with van der Waals surface area (Å²) in [7, 11) is 0. The zero-order valence-corrected chi connectivity index (χ0v) is 19.2. The van der Waals surface area contributed by atoms with E-state index >= 15 is 0 Å². The lowest BCUT2D eigenvalue weighted by Gasteiger charge is -2.39. The summed E-state index contributed by atoms with van der Waals surface area (Å²) in [5.74, 6) is -1.84. The first-order chi connectivity index (χ1) is 16.9. The summed E-state index contributed by atoms with van der Waals surface area (Å²) < 4.78 is 11.1. The Labute approximate surface area is 202 Å². The molecule has 9 heteroatoms. The van der Waals surface area contributed by atoms with Gasteiger partial charge >= 0.3 is 12.1 Å². The summed E-state index contributed by atoms with van der Waals surface area (Å²) >= 11 is 0. The summed E-state index contributed by atoms with van der Waals surface area (Å²) in [5, 5.41) is 22.3. The van der Waals surface area contributed by atoms with Gasteiger partial charge in [0.2, 0.25) is 5.91 Å². The van der Waals surface area contributed by atoms with E-state index in [1.807, 2.05) is 48.5 Å². The van der Waals surface area contributed by atoms with Crippen LogP contribution in [0.4, 0.5) is 4.79 Å². The topological polar surface area (TPSA) is 125 Å². The fraction of sp³-hybridized carbons (Fsp3) is 0.423. The highest BCUT2D eigenvalue weighted by atomic mass is 16.5. The highest BCUT2D eigenvalue weighted by Crippen LogP contribution is 2.44. The lowest BCUT2D eigenvalue weighted by atomic mass is 9.88. The molecule has 9 nitrogen and oxygen atoms in total. The number of β-amino-alcohol motifs (C(OH)–C–C–N with tert-alkyl or cyclic N) is 1. The van der Waals surface area contributed by atoms with Gasteiger partial charge in [0.15, 0.2) is 0 Å². The number of amides is 2. The molecular formula is C26H28N2O7. The highest BCUT2D eigenvalue weighted by Gasteiger charge is 2.50. The number of nitrogens with one attached hydrogen (secondary N) is 1. The summed E-state index contributed by atoms with van der Waals surface area (Å²) in [6.07, 6.45) is -1.33. The number of hydrogen-bond donors (Lipinski definition) is 3. The Balaban J connectivity index is 1.32. The Hall–Kier alpha value is -3.43. The maximum Gasteiger partial charge on any atom is 0.408 e. The van der Waals surface area contributed by atoms with Crippen LogP contribution in [0, 0.1) is 0 Å². The fourth-order valence-electron chi connectivity index (χ4n) is 5.49. The first-order valence-electron chi connectivity index (χ1n) is 11.8. The third-order valence-electron chi connectivity index (χ3n) is 7.27. The molecule has 0 radical (unpaired) electrons. The van der Waals surface area contributed by atoms with Crippen molar-refractivity contribution in [2.24, 2.45) is 0 Å². The smallest absolute Gasteiger partial charge is 0.408 e. The third-order valence-corrected chi connectivity index (χ3v) is 7.27. The van der Waals surface area contributed by atoms with E-state index in [-0.39, 0.29) is 51.5 Å². The number of rotatable bonds is 5. The predicted molar refractivity (Wildman–Crippen MR) is 125 cm³/mol. The van der Waals surface area contributed by atoms with Crippen LogP contribution >= 0.6 is 0 Å². The van der Waals surface area contributed by atoms with Crippen LogP contribution in [0.5, 0.6) is 0 Å². The van der Waals surface area contributed by atoms with Crippen LogP contribution in [0.3, 0.4) is 0 Å². The van der Waals surface area contributed by atoms with Crippen molar-refractivity contribution in [2.45, 2.75) is 42.9 Å². The summed E-state index contributed by atoms with van der Waals surface area (Å²) in [6.45, 7) is 0.485. The number of benzene rings is 2. The van der Waals surface area contributed by atoms with E-state index in [1.165, 1.54) is 0 Å². The Bertz CT molecular complexity index is 1100. The molecule has 2 aromatic rings. The fourth-order valence-corrected chi connectivity index (χ4v) is 5.49. The van der Waals surface area contributed by atoms with Crippen molar-refractivity contribution >= 4 is 18.0 Å². The quantitative estimate of drug-likeness (QED) is 0.599. The Kier molecular flexibility index (Phi) is 6.21. The molecule has 2 aliphatic heterocycles. The molecule has 2 atom stereocenters. The van der Waals surface area contributed by atoms with Gasteiger partial charge in [-0.1, -0.05) is 48.5 Å². The van der Waals surface area contributed by atoms with Crippen molar-refractivity contribution < 1.29 is 34.1 Å². The number of likely N-dealkylation sites (tertiary alicyclic amines) is 1. The average molecular weight is 481 g/mol. The average Bonchev–Trinajstić information content (AvgIpc) is 3.41. The van der Waals surface area contributed by atoms with Crippen molar-refractivity contribution in [3.05, 3.63) is 59.7 Å². The van der Waals surface area contributed by atoms with Crippen LogP contribution in [0.2, 0.25) is 0 Å². The van der Waals surface area contributed by atoms with Gasteiger partial charge in [0.1, 0.15) is 18.2 Å². The number of aliphatic hydroxyl groups is 1. The number of hydrogen-bond acceptors (Lipinski definition) is 6. The Morgan fingerprint density at radius 2 is 1.63 bits per heavy atom. The van der Waals surface area contributed by atoms with Gasteiger partial charge in [-0.3, -0.25) is 4.79 Å². The molecule has 3 N–H and O–H groups in total. The zero-order chi connectivity index (χ0) is 24.6. The molecule has 0 saturated carbocycles. The Morgan fingerprint density at radius 3 is 2.23 bits per heavy atom. The normalized spacial score (nSPS) is 22.8. The second kappa shape index (κ2) is 9.31. The molecule has 1 aliphatic carbocycles. The van der Waals surface area contributed by atoms with Gasteiger partial charge in [-0.2, -0.15) is 0 Å². The maximum absolute atomic E-state index is 13.5. The van der Waals surface area contributed by atoms with E-state index in [2.05, 4.69) is 5.32 Å². The van der Waals surface area contributed by atoms with E-state index in [0.29, 0.717) is 0 Å². The number of carbonyl (C=O) groups is 3.